The molecule has 0 spiro atoms. The predicted octanol–water partition coefficient (Wildman–Crippen LogP) is 0.301. The van der Waals surface area contributed by atoms with Crippen LogP contribution in [0, 0.1) is 0 Å². The molecule has 0 radical (unpaired) electrons. The SMILES string of the molecule is COCCNC(=O)c1cccc(S(=O)[O-])c1. The van der Waals surface area contributed by atoms with E-state index >= 15 is 0 Å². The Labute approximate surface area is 96.1 Å². The van der Waals surface area contributed by atoms with Crippen molar-refractivity contribution in [2.45, 2.75) is 4.90 Å². The quantitative estimate of drug-likeness (QED) is 0.595. The minimum Gasteiger partial charge on any atom is -0.768 e. The van der Waals surface area contributed by atoms with E-state index in [1.165, 1.54) is 25.3 Å². The van der Waals surface area contributed by atoms with Gasteiger partial charge in [0, 0.05) is 24.1 Å². The number of methoxy groups -OCH3 is 1. The Bertz CT molecular complexity index is 394. The lowest BCUT2D eigenvalue weighted by molar-refractivity contribution is 0.0937. The minimum atomic E-state index is -2.32. The molecule has 0 aliphatic rings. The molecule has 1 atom stereocenters. The summed E-state index contributed by atoms with van der Waals surface area (Å²) < 4.78 is 26.1. The summed E-state index contributed by atoms with van der Waals surface area (Å²) in [4.78, 5) is 11.6. The fourth-order valence-corrected chi connectivity index (χ4v) is 1.52. The summed E-state index contributed by atoms with van der Waals surface area (Å²) in [6.45, 7) is 0.805. The Hall–Kier alpha value is -1.24. The van der Waals surface area contributed by atoms with E-state index in [0.29, 0.717) is 18.7 Å². The normalized spacial score (nSPS) is 12.1. The number of rotatable bonds is 5. The van der Waals surface area contributed by atoms with Crippen LogP contribution in [0.25, 0.3) is 0 Å². The van der Waals surface area contributed by atoms with Gasteiger partial charge < -0.3 is 14.6 Å². The van der Waals surface area contributed by atoms with E-state index in [1.807, 2.05) is 0 Å². The molecule has 16 heavy (non-hydrogen) atoms. The molecule has 6 heteroatoms. The highest BCUT2D eigenvalue weighted by molar-refractivity contribution is 7.79. The summed E-state index contributed by atoms with van der Waals surface area (Å²) in [6, 6.07) is 5.83. The van der Waals surface area contributed by atoms with Gasteiger partial charge >= 0.3 is 0 Å². The first-order valence-corrected chi connectivity index (χ1v) is 5.69. The first kappa shape index (κ1) is 12.8. The molecule has 88 valence electrons. The number of benzene rings is 1. The summed E-state index contributed by atoms with van der Waals surface area (Å²) >= 11 is -2.32. The third-order valence-electron chi connectivity index (χ3n) is 1.88. The molecule has 0 saturated carbocycles. The van der Waals surface area contributed by atoms with Crippen LogP contribution in [0.1, 0.15) is 10.4 Å². The summed E-state index contributed by atoms with van der Waals surface area (Å²) in [5.41, 5.74) is 0.317. The van der Waals surface area contributed by atoms with Crippen molar-refractivity contribution in [3.8, 4) is 0 Å². The van der Waals surface area contributed by atoms with Gasteiger partial charge in [-0.1, -0.05) is 6.07 Å². The molecule has 0 saturated heterocycles. The maximum absolute atomic E-state index is 11.5. The zero-order valence-electron chi connectivity index (χ0n) is 8.76. The smallest absolute Gasteiger partial charge is 0.251 e. The third kappa shape index (κ3) is 3.73. The molecule has 5 nitrogen and oxygen atoms in total. The van der Waals surface area contributed by atoms with E-state index in [9.17, 15) is 13.6 Å². The molecule has 0 aliphatic heterocycles. The molecular weight excluding hydrogens is 230 g/mol. The molecule has 0 bridgehead atoms. The fourth-order valence-electron chi connectivity index (χ4n) is 1.11. The fraction of sp³-hybridized carbons (Fsp3) is 0.300. The van der Waals surface area contributed by atoms with Gasteiger partial charge in [-0.05, 0) is 29.3 Å². The summed E-state index contributed by atoms with van der Waals surface area (Å²) in [5, 5.41) is 2.60. The number of carbonyl (C=O) groups is 1. The number of hydrogen-bond acceptors (Lipinski definition) is 4. The second kappa shape index (κ2) is 6.37. The monoisotopic (exact) mass is 242 g/mol. The van der Waals surface area contributed by atoms with Gasteiger partial charge in [0.15, 0.2) is 0 Å². The summed E-state index contributed by atoms with van der Waals surface area (Å²) in [5.74, 6) is -0.315. The largest absolute Gasteiger partial charge is 0.768 e. The highest BCUT2D eigenvalue weighted by atomic mass is 32.2. The molecule has 0 aromatic heterocycles. The van der Waals surface area contributed by atoms with Gasteiger partial charge in [0.1, 0.15) is 0 Å². The van der Waals surface area contributed by atoms with Gasteiger partial charge in [-0.3, -0.25) is 9.00 Å². The lowest BCUT2D eigenvalue weighted by Crippen LogP contribution is -2.26. The van der Waals surface area contributed by atoms with Crippen molar-refractivity contribution in [3.63, 3.8) is 0 Å². The van der Waals surface area contributed by atoms with Crippen molar-refractivity contribution in [1.82, 2.24) is 5.32 Å². The number of ether oxygens (including phenoxy) is 1. The van der Waals surface area contributed by atoms with Crippen LogP contribution < -0.4 is 5.32 Å². The Morgan fingerprint density at radius 3 is 2.94 bits per heavy atom. The highest BCUT2D eigenvalue weighted by Crippen LogP contribution is 2.08. The lowest BCUT2D eigenvalue weighted by Gasteiger charge is -2.08. The number of amides is 1. The standard InChI is InChI=1S/C10H13NO4S/c1-15-6-5-11-10(12)8-3-2-4-9(7-8)16(13)14/h2-4,7H,5-6H2,1H3,(H,11,12)(H,13,14)/p-1. The number of carbonyl (C=O) groups excluding carboxylic acids is 1. The maximum Gasteiger partial charge on any atom is 0.251 e. The first-order chi connectivity index (χ1) is 7.65. The average Bonchev–Trinajstić information content (AvgIpc) is 2.29. The molecule has 1 unspecified atom stereocenters. The molecule has 0 fully saturated rings. The summed E-state index contributed by atoms with van der Waals surface area (Å²) in [7, 11) is 1.54. The molecular formula is C10H12NO4S-. The molecule has 1 aromatic carbocycles. The predicted molar refractivity (Wildman–Crippen MR) is 57.8 cm³/mol. The number of hydrogen-bond donors (Lipinski definition) is 1. The van der Waals surface area contributed by atoms with Gasteiger partial charge in [0.2, 0.25) is 0 Å². The summed E-state index contributed by atoms with van der Waals surface area (Å²) in [6.07, 6.45) is 0. The van der Waals surface area contributed by atoms with E-state index in [0.717, 1.165) is 0 Å². The van der Waals surface area contributed by atoms with Crippen LogP contribution in [0.4, 0.5) is 0 Å². The number of nitrogens with one attached hydrogen (secondary N) is 1. The van der Waals surface area contributed by atoms with Gasteiger partial charge in [0.25, 0.3) is 5.91 Å². The lowest BCUT2D eigenvalue weighted by atomic mass is 10.2. The van der Waals surface area contributed by atoms with Crippen LogP contribution in [0.2, 0.25) is 0 Å². The van der Waals surface area contributed by atoms with Gasteiger partial charge in [-0.15, -0.1) is 0 Å². The first-order valence-electron chi connectivity index (χ1n) is 4.61. The zero-order chi connectivity index (χ0) is 12.0. The van der Waals surface area contributed by atoms with Crippen molar-refractivity contribution >= 4 is 17.0 Å². The Kier molecular flexibility index (Phi) is 5.10. The van der Waals surface area contributed by atoms with Crippen LogP contribution in [0.15, 0.2) is 29.2 Å². The molecule has 1 N–H and O–H groups in total. The molecule has 1 rings (SSSR count). The Balaban J connectivity index is 2.68. The van der Waals surface area contributed by atoms with Gasteiger partial charge in [0.05, 0.1) is 6.61 Å². The van der Waals surface area contributed by atoms with Crippen molar-refractivity contribution in [3.05, 3.63) is 29.8 Å². The second-order valence-electron chi connectivity index (χ2n) is 3.01. The molecule has 1 amide bonds. The van der Waals surface area contributed by atoms with Gasteiger partial charge in [-0.2, -0.15) is 0 Å². The second-order valence-corrected chi connectivity index (χ2v) is 3.95. The zero-order valence-corrected chi connectivity index (χ0v) is 9.58. The van der Waals surface area contributed by atoms with Gasteiger partial charge in [-0.25, -0.2) is 0 Å². The Morgan fingerprint density at radius 1 is 1.56 bits per heavy atom. The van der Waals surface area contributed by atoms with E-state index in [2.05, 4.69) is 5.32 Å². The van der Waals surface area contributed by atoms with Crippen molar-refractivity contribution in [1.29, 1.82) is 0 Å². The highest BCUT2D eigenvalue weighted by Gasteiger charge is 2.05. The van der Waals surface area contributed by atoms with Crippen LogP contribution in [-0.4, -0.2) is 34.9 Å². The minimum absolute atomic E-state index is 0.0967. The van der Waals surface area contributed by atoms with Crippen molar-refractivity contribution in [2.24, 2.45) is 0 Å². The van der Waals surface area contributed by atoms with Crippen molar-refractivity contribution in [2.75, 3.05) is 20.3 Å². The molecule has 0 aliphatic carbocycles. The van der Waals surface area contributed by atoms with Crippen LogP contribution in [0.5, 0.6) is 0 Å². The van der Waals surface area contributed by atoms with Crippen LogP contribution >= 0.6 is 0 Å². The van der Waals surface area contributed by atoms with E-state index in [-0.39, 0.29) is 10.8 Å². The van der Waals surface area contributed by atoms with E-state index in [1.54, 1.807) is 6.07 Å². The van der Waals surface area contributed by atoms with Crippen LogP contribution in [-0.2, 0) is 15.8 Å². The van der Waals surface area contributed by atoms with E-state index in [4.69, 9.17) is 4.74 Å². The molecule has 1 aromatic rings. The van der Waals surface area contributed by atoms with Crippen LogP contribution in [0.3, 0.4) is 0 Å². The molecule has 0 heterocycles. The third-order valence-corrected chi connectivity index (χ3v) is 2.52. The Morgan fingerprint density at radius 2 is 2.31 bits per heavy atom. The topological polar surface area (TPSA) is 78.5 Å². The maximum atomic E-state index is 11.5. The van der Waals surface area contributed by atoms with Crippen molar-refractivity contribution < 1.29 is 18.3 Å². The van der Waals surface area contributed by atoms with E-state index < -0.39 is 11.1 Å². The average molecular weight is 242 g/mol.